The van der Waals surface area contributed by atoms with Gasteiger partial charge >= 0.3 is 0 Å². The van der Waals surface area contributed by atoms with E-state index in [1.807, 2.05) is 14.0 Å². The Bertz CT molecular complexity index is 289. The lowest BCUT2D eigenvalue weighted by Crippen LogP contribution is -2.55. The van der Waals surface area contributed by atoms with Crippen molar-refractivity contribution >= 4 is 10.2 Å². The van der Waals surface area contributed by atoms with E-state index in [1.165, 1.54) is 4.31 Å². The second-order valence-electron chi connectivity index (χ2n) is 4.01. The molecule has 84 valence electrons. The molecule has 0 aromatic carbocycles. The summed E-state index contributed by atoms with van der Waals surface area (Å²) in [5.41, 5.74) is 0. The molecule has 1 aliphatic heterocycles. The van der Waals surface area contributed by atoms with Crippen LogP contribution in [0.3, 0.4) is 0 Å². The fraction of sp³-hybridized carbons (Fsp3) is 1.00. The number of hydrogen-bond acceptors (Lipinski definition) is 3. The lowest BCUT2D eigenvalue weighted by atomic mass is 10.2. The Labute approximate surface area is 86.5 Å². The van der Waals surface area contributed by atoms with Crippen LogP contribution in [-0.2, 0) is 10.2 Å². The normalized spacial score (nSPS) is 27.1. The van der Waals surface area contributed by atoms with Crippen LogP contribution < -0.4 is 0 Å². The molecule has 1 aliphatic rings. The van der Waals surface area contributed by atoms with Crippen LogP contribution in [0.15, 0.2) is 0 Å². The number of likely N-dealkylation sites (N-methyl/N-ethyl adjacent to an activating group) is 1. The highest BCUT2D eigenvalue weighted by molar-refractivity contribution is 7.86. The summed E-state index contributed by atoms with van der Waals surface area (Å²) in [6.07, 6.45) is 0. The van der Waals surface area contributed by atoms with Crippen LogP contribution >= 0.6 is 0 Å². The van der Waals surface area contributed by atoms with Crippen LogP contribution in [0.5, 0.6) is 0 Å². The molecule has 0 spiro atoms. The molecule has 0 radical (unpaired) electrons. The molecule has 14 heavy (non-hydrogen) atoms. The summed E-state index contributed by atoms with van der Waals surface area (Å²) in [6, 6.07) is 0.0566. The van der Waals surface area contributed by atoms with Crippen molar-refractivity contribution in [2.75, 3.05) is 40.8 Å². The van der Waals surface area contributed by atoms with Gasteiger partial charge < -0.3 is 4.90 Å². The molecule has 6 heteroatoms. The predicted octanol–water partition coefficient (Wildman–Crippen LogP) is -0.571. The van der Waals surface area contributed by atoms with Gasteiger partial charge in [0, 0.05) is 39.8 Å². The fourth-order valence-electron chi connectivity index (χ4n) is 1.68. The van der Waals surface area contributed by atoms with Crippen LogP contribution in [0.25, 0.3) is 0 Å². The molecule has 1 rings (SSSR count). The highest BCUT2D eigenvalue weighted by Crippen LogP contribution is 2.14. The predicted molar refractivity (Wildman–Crippen MR) is 56.3 cm³/mol. The van der Waals surface area contributed by atoms with E-state index in [2.05, 4.69) is 4.90 Å². The van der Waals surface area contributed by atoms with Crippen molar-refractivity contribution in [3.63, 3.8) is 0 Å². The number of hydrogen-bond donors (Lipinski definition) is 0. The number of piperazine rings is 1. The maximum Gasteiger partial charge on any atom is 0.281 e. The van der Waals surface area contributed by atoms with Crippen molar-refractivity contribution in [2.24, 2.45) is 0 Å². The lowest BCUT2D eigenvalue weighted by Gasteiger charge is -2.38. The highest BCUT2D eigenvalue weighted by atomic mass is 32.2. The van der Waals surface area contributed by atoms with Crippen LogP contribution in [0, 0.1) is 0 Å². The van der Waals surface area contributed by atoms with E-state index in [4.69, 9.17) is 0 Å². The molecule has 0 aromatic heterocycles. The van der Waals surface area contributed by atoms with E-state index >= 15 is 0 Å². The van der Waals surface area contributed by atoms with E-state index in [1.54, 1.807) is 18.4 Å². The van der Waals surface area contributed by atoms with E-state index in [9.17, 15) is 8.42 Å². The van der Waals surface area contributed by atoms with Gasteiger partial charge in [-0.3, -0.25) is 0 Å². The quantitative estimate of drug-likeness (QED) is 0.627. The summed E-state index contributed by atoms with van der Waals surface area (Å²) < 4.78 is 26.5. The van der Waals surface area contributed by atoms with Gasteiger partial charge in [0.05, 0.1) is 0 Å². The molecule has 0 saturated carbocycles. The molecule has 0 bridgehead atoms. The lowest BCUT2D eigenvalue weighted by molar-refractivity contribution is 0.164. The van der Waals surface area contributed by atoms with Gasteiger partial charge in [-0.2, -0.15) is 17.0 Å². The Hall–Kier alpha value is -0.170. The van der Waals surface area contributed by atoms with Gasteiger partial charge in [-0.25, -0.2) is 0 Å². The van der Waals surface area contributed by atoms with Gasteiger partial charge in [0.2, 0.25) is 0 Å². The molecule has 0 aromatic rings. The molecule has 0 N–H and O–H groups in total. The molecule has 5 nitrogen and oxygen atoms in total. The Morgan fingerprint density at radius 1 is 1.29 bits per heavy atom. The SMILES string of the molecule is CC1CN(C)CCN1S(=O)(=O)N(C)C. The first-order valence-corrected chi connectivity index (χ1v) is 6.13. The molecular weight excluding hydrogens is 202 g/mol. The smallest absolute Gasteiger partial charge is 0.281 e. The van der Waals surface area contributed by atoms with Crippen molar-refractivity contribution in [1.29, 1.82) is 0 Å². The van der Waals surface area contributed by atoms with Crippen molar-refractivity contribution in [2.45, 2.75) is 13.0 Å². The summed E-state index contributed by atoms with van der Waals surface area (Å²) in [7, 11) is 1.92. The van der Waals surface area contributed by atoms with Crippen molar-refractivity contribution in [3.05, 3.63) is 0 Å². The summed E-state index contributed by atoms with van der Waals surface area (Å²) in [4.78, 5) is 2.15. The molecule has 0 amide bonds. The Balaban J connectivity index is 2.79. The topological polar surface area (TPSA) is 43.9 Å². The zero-order valence-corrected chi connectivity index (χ0v) is 10.1. The van der Waals surface area contributed by atoms with E-state index in [-0.39, 0.29) is 6.04 Å². The third-order valence-electron chi connectivity index (χ3n) is 2.53. The number of nitrogens with zero attached hydrogens (tertiary/aromatic N) is 3. The Morgan fingerprint density at radius 2 is 1.86 bits per heavy atom. The minimum atomic E-state index is -3.23. The van der Waals surface area contributed by atoms with Crippen LogP contribution in [0.4, 0.5) is 0 Å². The molecule has 0 aliphatic carbocycles. The average molecular weight is 221 g/mol. The minimum absolute atomic E-state index is 0.0566. The van der Waals surface area contributed by atoms with E-state index in [0.29, 0.717) is 6.54 Å². The summed E-state index contributed by atoms with van der Waals surface area (Å²) >= 11 is 0. The van der Waals surface area contributed by atoms with Crippen molar-refractivity contribution < 1.29 is 8.42 Å². The van der Waals surface area contributed by atoms with Gasteiger partial charge in [-0.1, -0.05) is 0 Å². The van der Waals surface area contributed by atoms with Gasteiger partial charge in [0.1, 0.15) is 0 Å². The Kier molecular flexibility index (Phi) is 3.52. The molecular formula is C8H19N3O2S. The van der Waals surface area contributed by atoms with E-state index in [0.717, 1.165) is 13.1 Å². The monoisotopic (exact) mass is 221 g/mol. The van der Waals surface area contributed by atoms with Crippen molar-refractivity contribution in [1.82, 2.24) is 13.5 Å². The Morgan fingerprint density at radius 3 is 2.29 bits per heavy atom. The molecule has 1 fully saturated rings. The summed E-state index contributed by atoms with van der Waals surface area (Å²) in [5, 5.41) is 0. The second kappa shape index (κ2) is 4.14. The second-order valence-corrected chi connectivity index (χ2v) is 6.11. The molecule has 1 atom stereocenters. The first-order chi connectivity index (χ1) is 6.35. The highest BCUT2D eigenvalue weighted by Gasteiger charge is 2.32. The van der Waals surface area contributed by atoms with Crippen molar-refractivity contribution in [3.8, 4) is 0 Å². The zero-order chi connectivity index (χ0) is 10.9. The molecule has 1 unspecified atom stereocenters. The van der Waals surface area contributed by atoms with Gasteiger partial charge in [-0.05, 0) is 14.0 Å². The maximum atomic E-state index is 11.8. The van der Waals surface area contributed by atoms with E-state index < -0.39 is 10.2 Å². The summed E-state index contributed by atoms with van der Waals surface area (Å²) in [5.74, 6) is 0. The van der Waals surface area contributed by atoms with Crippen LogP contribution in [-0.4, -0.2) is 68.7 Å². The largest absolute Gasteiger partial charge is 0.303 e. The minimum Gasteiger partial charge on any atom is -0.303 e. The van der Waals surface area contributed by atoms with Crippen LogP contribution in [0.1, 0.15) is 6.92 Å². The zero-order valence-electron chi connectivity index (χ0n) is 9.27. The fourth-order valence-corrected chi connectivity index (χ4v) is 2.93. The average Bonchev–Trinajstić information content (AvgIpc) is 2.02. The third-order valence-corrected chi connectivity index (χ3v) is 4.59. The first kappa shape index (κ1) is 11.9. The maximum absolute atomic E-state index is 11.8. The van der Waals surface area contributed by atoms with Gasteiger partial charge in [0.25, 0.3) is 10.2 Å². The standard InChI is InChI=1S/C8H19N3O2S/c1-8-7-10(4)5-6-11(8)14(12,13)9(2)3/h8H,5-7H2,1-4H3. The van der Waals surface area contributed by atoms with Crippen LogP contribution in [0.2, 0.25) is 0 Å². The first-order valence-electron chi connectivity index (χ1n) is 4.73. The van der Waals surface area contributed by atoms with Gasteiger partial charge in [0.15, 0.2) is 0 Å². The molecule has 1 heterocycles. The third kappa shape index (κ3) is 2.25. The van der Waals surface area contributed by atoms with Gasteiger partial charge in [-0.15, -0.1) is 0 Å². The summed E-state index contributed by atoms with van der Waals surface area (Å²) in [6.45, 7) is 4.12. The number of rotatable bonds is 2. The molecule has 1 saturated heterocycles.